The van der Waals surface area contributed by atoms with Crippen LogP contribution >= 0.6 is 11.3 Å². The number of hydrogen-bond acceptors (Lipinski definition) is 9. The largest absolute Gasteiger partial charge is 0.496 e. The van der Waals surface area contributed by atoms with E-state index in [-0.39, 0.29) is 11.9 Å². The Labute approximate surface area is 223 Å². The Balaban J connectivity index is 1.30. The Bertz CT molecular complexity index is 1440. The van der Waals surface area contributed by atoms with Crippen LogP contribution in [0.3, 0.4) is 0 Å². The molecular formula is C26H28N8O3S. The minimum absolute atomic E-state index is 0.0627. The molecule has 0 atom stereocenters. The van der Waals surface area contributed by atoms with Crippen LogP contribution in [0.2, 0.25) is 0 Å². The van der Waals surface area contributed by atoms with E-state index in [1.54, 1.807) is 37.6 Å². The van der Waals surface area contributed by atoms with Crippen LogP contribution in [0.5, 0.6) is 5.75 Å². The van der Waals surface area contributed by atoms with Gasteiger partial charge in [0.2, 0.25) is 11.9 Å². The fraction of sp³-hybridized carbons (Fsp3) is 0.346. The second-order valence-corrected chi connectivity index (χ2v) is 10.2. The van der Waals surface area contributed by atoms with Crippen molar-refractivity contribution in [2.45, 2.75) is 38.5 Å². The molecule has 2 amide bonds. The fourth-order valence-electron chi connectivity index (χ4n) is 4.57. The third kappa shape index (κ3) is 5.86. The third-order valence-corrected chi connectivity index (χ3v) is 7.51. The van der Waals surface area contributed by atoms with Crippen LogP contribution in [0.1, 0.15) is 48.9 Å². The van der Waals surface area contributed by atoms with Gasteiger partial charge in [0.1, 0.15) is 5.75 Å². The molecule has 0 unspecified atom stereocenters. The highest BCUT2D eigenvalue weighted by atomic mass is 32.1. The van der Waals surface area contributed by atoms with Crippen molar-refractivity contribution in [2.75, 3.05) is 17.7 Å². The third-order valence-electron chi connectivity index (χ3n) is 6.56. The Hall–Kier alpha value is -4.19. The van der Waals surface area contributed by atoms with Gasteiger partial charge in [0, 0.05) is 24.4 Å². The normalized spacial score (nSPS) is 13.7. The van der Waals surface area contributed by atoms with E-state index in [1.807, 2.05) is 11.4 Å². The summed E-state index contributed by atoms with van der Waals surface area (Å²) in [6, 6.07) is 7.10. The summed E-state index contributed by atoms with van der Waals surface area (Å²) in [6.07, 6.45) is 9.92. The van der Waals surface area contributed by atoms with Crippen molar-refractivity contribution in [2.24, 2.45) is 13.0 Å². The molecule has 4 aromatic rings. The van der Waals surface area contributed by atoms with Crippen LogP contribution in [-0.4, -0.2) is 49.1 Å². The number of carbonyl (C=O) groups is 2. The minimum atomic E-state index is -0.400. The molecule has 3 heterocycles. The van der Waals surface area contributed by atoms with Crippen molar-refractivity contribution in [1.82, 2.24) is 30.2 Å². The molecule has 11 nitrogen and oxygen atoms in total. The van der Waals surface area contributed by atoms with E-state index in [4.69, 9.17) is 9.72 Å². The molecule has 2 N–H and O–H groups in total. The van der Waals surface area contributed by atoms with Gasteiger partial charge in [-0.25, -0.2) is 9.67 Å². The maximum atomic E-state index is 12.8. The Kier molecular flexibility index (Phi) is 7.68. The highest BCUT2D eigenvalue weighted by Gasteiger charge is 2.19. The van der Waals surface area contributed by atoms with Gasteiger partial charge < -0.3 is 10.1 Å². The molecule has 0 aliphatic heterocycles. The van der Waals surface area contributed by atoms with Gasteiger partial charge in [-0.1, -0.05) is 30.4 Å². The highest BCUT2D eigenvalue weighted by Crippen LogP contribution is 2.32. The summed E-state index contributed by atoms with van der Waals surface area (Å²) < 4.78 is 6.84. The molecular weight excluding hydrogens is 504 g/mol. The van der Waals surface area contributed by atoms with Gasteiger partial charge in [-0.3, -0.25) is 19.9 Å². The van der Waals surface area contributed by atoms with Crippen LogP contribution in [0.25, 0.3) is 21.8 Å². The van der Waals surface area contributed by atoms with E-state index in [0.29, 0.717) is 35.0 Å². The van der Waals surface area contributed by atoms with Crippen LogP contribution in [-0.2, 0) is 11.8 Å². The number of tetrazole rings is 1. The first-order chi connectivity index (χ1) is 18.5. The lowest BCUT2D eigenvalue weighted by atomic mass is 9.87. The lowest BCUT2D eigenvalue weighted by Crippen LogP contribution is -2.17. The first kappa shape index (κ1) is 25.5. The average Bonchev–Trinajstić information content (AvgIpc) is 3.57. The van der Waals surface area contributed by atoms with E-state index in [0.717, 1.165) is 29.0 Å². The fourth-order valence-corrected chi connectivity index (χ4v) is 5.36. The maximum Gasteiger partial charge on any atom is 0.261 e. The number of nitrogens with one attached hydrogen (secondary N) is 2. The Morgan fingerprint density at radius 1 is 1.11 bits per heavy atom. The lowest BCUT2D eigenvalue weighted by molar-refractivity contribution is -0.117. The lowest BCUT2D eigenvalue weighted by Gasteiger charge is -2.20. The molecule has 1 aliphatic rings. The van der Waals surface area contributed by atoms with Crippen LogP contribution in [0.4, 0.5) is 11.6 Å². The number of methoxy groups -OCH3 is 1. The second kappa shape index (κ2) is 11.5. The summed E-state index contributed by atoms with van der Waals surface area (Å²) in [4.78, 5) is 35.3. The molecule has 1 aromatic carbocycles. The highest BCUT2D eigenvalue weighted by molar-refractivity contribution is 7.14. The van der Waals surface area contributed by atoms with Crippen molar-refractivity contribution in [3.05, 3.63) is 47.6 Å². The number of ether oxygens (including phenoxy) is 1. The molecule has 3 aromatic heterocycles. The smallest absolute Gasteiger partial charge is 0.261 e. The van der Waals surface area contributed by atoms with Gasteiger partial charge in [-0.15, -0.1) is 11.3 Å². The summed E-state index contributed by atoms with van der Waals surface area (Å²) in [6.45, 7) is 0. The van der Waals surface area contributed by atoms with E-state index < -0.39 is 5.91 Å². The van der Waals surface area contributed by atoms with Crippen molar-refractivity contribution in [3.63, 3.8) is 0 Å². The summed E-state index contributed by atoms with van der Waals surface area (Å²) >= 11 is 1.50. The summed E-state index contributed by atoms with van der Waals surface area (Å²) in [5, 5.41) is 18.6. The van der Waals surface area contributed by atoms with E-state index in [2.05, 4.69) is 31.1 Å². The molecule has 1 fully saturated rings. The molecule has 0 radical (unpaired) electrons. The number of thiophene rings is 1. The van der Waals surface area contributed by atoms with E-state index >= 15 is 0 Å². The number of aryl methyl sites for hydroxylation is 1. The standard InChI is InChI=1S/C26H28N8O3S/c1-34-26(31-32-33-34)30-25(36)19-9-8-17(11-22(19)37-2)20-13-27-14-21(29-20)23-12-18(15-38-23)28-24(35)10-16-6-4-3-5-7-16/h8-9,11-16H,3-7,10H2,1-2H3,(H,28,35)(H,30,31,33,36). The van der Waals surface area contributed by atoms with Crippen molar-refractivity contribution >= 4 is 34.8 Å². The number of amides is 2. The molecule has 5 rings (SSSR count). The first-order valence-corrected chi connectivity index (χ1v) is 13.3. The van der Waals surface area contributed by atoms with Crippen LogP contribution in [0, 0.1) is 5.92 Å². The number of carbonyl (C=O) groups excluding carboxylic acids is 2. The first-order valence-electron chi connectivity index (χ1n) is 12.4. The predicted molar refractivity (Wildman–Crippen MR) is 144 cm³/mol. The molecule has 196 valence electrons. The van der Waals surface area contributed by atoms with Gasteiger partial charge in [0.15, 0.2) is 0 Å². The van der Waals surface area contributed by atoms with Gasteiger partial charge in [-0.05, 0) is 47.4 Å². The molecule has 12 heteroatoms. The van der Waals surface area contributed by atoms with Gasteiger partial charge in [0.05, 0.1) is 47.0 Å². The number of aromatic nitrogens is 6. The van der Waals surface area contributed by atoms with E-state index in [1.165, 1.54) is 42.4 Å². The zero-order chi connectivity index (χ0) is 26.5. The summed E-state index contributed by atoms with van der Waals surface area (Å²) in [5.41, 5.74) is 3.16. The second-order valence-electron chi connectivity index (χ2n) is 9.24. The number of hydrogen-bond donors (Lipinski definition) is 2. The number of rotatable bonds is 8. The van der Waals surface area contributed by atoms with Crippen molar-refractivity contribution < 1.29 is 14.3 Å². The molecule has 1 saturated carbocycles. The van der Waals surface area contributed by atoms with Gasteiger partial charge in [-0.2, -0.15) is 0 Å². The predicted octanol–water partition coefficient (Wildman–Crippen LogP) is 4.57. The van der Waals surface area contributed by atoms with Crippen molar-refractivity contribution in [1.29, 1.82) is 0 Å². The number of nitrogens with zero attached hydrogens (tertiary/aromatic N) is 6. The Morgan fingerprint density at radius 2 is 1.92 bits per heavy atom. The number of benzene rings is 1. The maximum absolute atomic E-state index is 12.8. The summed E-state index contributed by atoms with van der Waals surface area (Å²) in [5.74, 6) is 0.750. The van der Waals surface area contributed by atoms with Gasteiger partial charge >= 0.3 is 0 Å². The number of anilines is 2. The monoisotopic (exact) mass is 532 g/mol. The SMILES string of the molecule is COc1cc(-c2cncc(-c3cc(NC(=O)CC4CCCCC4)cs3)n2)ccc1C(=O)Nc1nnnn1C. The van der Waals surface area contributed by atoms with E-state index in [9.17, 15) is 9.59 Å². The Morgan fingerprint density at radius 3 is 2.68 bits per heavy atom. The molecule has 0 spiro atoms. The molecule has 0 bridgehead atoms. The van der Waals surface area contributed by atoms with Crippen LogP contribution < -0.4 is 15.4 Å². The van der Waals surface area contributed by atoms with Gasteiger partial charge in [0.25, 0.3) is 5.91 Å². The van der Waals surface area contributed by atoms with Crippen LogP contribution in [0.15, 0.2) is 42.0 Å². The zero-order valence-electron chi connectivity index (χ0n) is 21.2. The molecule has 1 aliphatic carbocycles. The molecule has 38 heavy (non-hydrogen) atoms. The van der Waals surface area contributed by atoms with Crippen molar-refractivity contribution in [3.8, 4) is 27.6 Å². The topological polar surface area (TPSA) is 137 Å². The quantitative estimate of drug-likeness (QED) is 0.337. The zero-order valence-corrected chi connectivity index (χ0v) is 22.0. The molecule has 0 saturated heterocycles. The average molecular weight is 533 g/mol. The summed E-state index contributed by atoms with van der Waals surface area (Å²) in [7, 11) is 3.13. The minimum Gasteiger partial charge on any atom is -0.496 e.